The third kappa shape index (κ3) is 3.53. The van der Waals surface area contributed by atoms with Crippen LogP contribution in [0, 0.1) is 12.3 Å². The van der Waals surface area contributed by atoms with Crippen LogP contribution in [0.3, 0.4) is 0 Å². The molecular weight excluding hydrogens is 404 g/mol. The van der Waals surface area contributed by atoms with Crippen LogP contribution in [0.25, 0.3) is 0 Å². The Bertz CT molecular complexity index is 1170. The molecule has 0 spiro atoms. The van der Waals surface area contributed by atoms with Crippen molar-refractivity contribution < 1.29 is 14.3 Å². The van der Waals surface area contributed by atoms with Gasteiger partial charge >= 0.3 is 0 Å². The van der Waals surface area contributed by atoms with E-state index in [0.717, 1.165) is 34.8 Å². The molecule has 1 aliphatic carbocycles. The minimum atomic E-state index is -0.608. The molecule has 2 aromatic carbocycles. The fourth-order valence-corrected chi connectivity index (χ4v) is 4.68. The molecule has 1 N–H and O–H groups in total. The van der Waals surface area contributed by atoms with Crippen molar-refractivity contribution >= 4 is 17.5 Å². The standard InChI is InChI=1S/C25H26N4O3/c1-17-12-18(28(2)27-17)14-26-23(30)15-29-22-11-7-6-10-20(22)21-13-25(21,24(29)31)16-32-19-8-4-3-5-9-19/h3-12,21H,13-16H2,1-2H3,(H,26,30)/t21-,25+/m0/s1. The van der Waals surface area contributed by atoms with Gasteiger partial charge in [0.05, 0.1) is 23.3 Å². The molecule has 7 nitrogen and oxygen atoms in total. The van der Waals surface area contributed by atoms with Crippen LogP contribution < -0.4 is 15.0 Å². The Labute approximate surface area is 187 Å². The minimum absolute atomic E-state index is 0.0213. The normalized spacial score (nSPS) is 21.0. The molecule has 0 radical (unpaired) electrons. The largest absolute Gasteiger partial charge is 0.492 e. The van der Waals surface area contributed by atoms with Crippen molar-refractivity contribution in [1.82, 2.24) is 15.1 Å². The number of fused-ring (bicyclic) bond motifs is 3. The van der Waals surface area contributed by atoms with Crippen LogP contribution in [0.15, 0.2) is 60.7 Å². The first-order chi connectivity index (χ1) is 15.5. The third-order valence-electron chi connectivity index (χ3n) is 6.46. The van der Waals surface area contributed by atoms with Crippen LogP contribution in [0.1, 0.15) is 29.3 Å². The molecule has 3 aromatic rings. The van der Waals surface area contributed by atoms with Crippen molar-refractivity contribution in [3.8, 4) is 5.75 Å². The van der Waals surface area contributed by atoms with Gasteiger partial charge in [-0.05, 0) is 43.2 Å². The Hall–Kier alpha value is -3.61. The van der Waals surface area contributed by atoms with Gasteiger partial charge in [0.2, 0.25) is 11.8 Å². The SMILES string of the molecule is Cc1cc(CNC(=O)CN2C(=O)[C@@]3(COc4ccccc4)C[C@H]3c3ccccc32)n(C)n1. The summed E-state index contributed by atoms with van der Waals surface area (Å²) in [5.74, 6) is 0.635. The molecule has 0 bridgehead atoms. The van der Waals surface area contributed by atoms with Crippen LogP contribution in [0.2, 0.25) is 0 Å². The number of rotatable bonds is 7. The smallest absolute Gasteiger partial charge is 0.240 e. The Morgan fingerprint density at radius 1 is 1.19 bits per heavy atom. The first-order valence-corrected chi connectivity index (χ1v) is 10.8. The molecule has 2 aliphatic rings. The summed E-state index contributed by atoms with van der Waals surface area (Å²) in [6.45, 7) is 2.57. The zero-order chi connectivity index (χ0) is 22.3. The highest BCUT2D eigenvalue weighted by atomic mass is 16.5. The van der Waals surface area contributed by atoms with Crippen molar-refractivity contribution in [3.05, 3.63) is 77.6 Å². The number of carbonyl (C=O) groups excluding carboxylic acids is 2. The van der Waals surface area contributed by atoms with Gasteiger partial charge in [0.25, 0.3) is 0 Å². The van der Waals surface area contributed by atoms with Gasteiger partial charge in [-0.3, -0.25) is 14.3 Å². The van der Waals surface area contributed by atoms with Gasteiger partial charge in [-0.2, -0.15) is 5.10 Å². The number of carbonyl (C=O) groups is 2. The van der Waals surface area contributed by atoms with Crippen LogP contribution in [0.5, 0.6) is 5.75 Å². The lowest BCUT2D eigenvalue weighted by Crippen LogP contribution is -2.48. The second-order valence-corrected chi connectivity index (χ2v) is 8.64. The van der Waals surface area contributed by atoms with E-state index in [4.69, 9.17) is 4.74 Å². The number of ether oxygens (including phenoxy) is 1. The zero-order valence-corrected chi connectivity index (χ0v) is 18.2. The van der Waals surface area contributed by atoms with Crippen LogP contribution >= 0.6 is 0 Å². The molecule has 164 valence electrons. The number of para-hydroxylation sites is 2. The predicted octanol–water partition coefficient (Wildman–Crippen LogP) is 2.94. The Morgan fingerprint density at radius 2 is 1.94 bits per heavy atom. The van der Waals surface area contributed by atoms with Crippen molar-refractivity contribution in [2.24, 2.45) is 12.5 Å². The molecule has 0 unspecified atom stereocenters. The number of hydrogen-bond acceptors (Lipinski definition) is 4. The highest BCUT2D eigenvalue weighted by molar-refractivity contribution is 6.07. The number of nitrogens with zero attached hydrogens (tertiary/aromatic N) is 3. The lowest BCUT2D eigenvalue weighted by atomic mass is 9.92. The second kappa shape index (κ2) is 7.82. The number of nitrogens with one attached hydrogen (secondary N) is 1. The molecule has 7 heteroatoms. The zero-order valence-electron chi connectivity index (χ0n) is 18.2. The average Bonchev–Trinajstić information content (AvgIpc) is 3.46. The molecule has 5 rings (SSSR count). The summed E-state index contributed by atoms with van der Waals surface area (Å²) in [6, 6.07) is 19.3. The monoisotopic (exact) mass is 430 g/mol. The van der Waals surface area contributed by atoms with E-state index in [1.807, 2.05) is 68.6 Å². The molecule has 2 atom stereocenters. The lowest BCUT2D eigenvalue weighted by Gasteiger charge is -2.33. The van der Waals surface area contributed by atoms with Crippen molar-refractivity contribution in [2.75, 3.05) is 18.1 Å². The molecular formula is C25H26N4O3. The number of aryl methyl sites for hydroxylation is 2. The predicted molar refractivity (Wildman–Crippen MR) is 120 cm³/mol. The number of amides is 2. The van der Waals surface area contributed by atoms with Gasteiger partial charge in [0.1, 0.15) is 18.9 Å². The van der Waals surface area contributed by atoms with E-state index < -0.39 is 5.41 Å². The number of aromatic nitrogens is 2. The molecule has 32 heavy (non-hydrogen) atoms. The Morgan fingerprint density at radius 3 is 2.69 bits per heavy atom. The molecule has 2 heterocycles. The fourth-order valence-electron chi connectivity index (χ4n) is 4.68. The Balaban J connectivity index is 1.33. The summed E-state index contributed by atoms with van der Waals surface area (Å²) in [6.07, 6.45) is 0.738. The number of benzene rings is 2. The third-order valence-corrected chi connectivity index (χ3v) is 6.46. The van der Waals surface area contributed by atoms with Crippen molar-refractivity contribution in [1.29, 1.82) is 0 Å². The topological polar surface area (TPSA) is 76.5 Å². The molecule has 2 amide bonds. The van der Waals surface area contributed by atoms with E-state index in [1.165, 1.54) is 0 Å². The number of hydrogen-bond donors (Lipinski definition) is 1. The van der Waals surface area contributed by atoms with Gasteiger partial charge in [0, 0.05) is 18.7 Å². The quantitative estimate of drug-likeness (QED) is 0.625. The lowest BCUT2D eigenvalue weighted by molar-refractivity contribution is -0.128. The maximum atomic E-state index is 13.6. The molecule has 1 saturated carbocycles. The summed E-state index contributed by atoms with van der Waals surface area (Å²) in [5.41, 5.74) is 3.14. The average molecular weight is 431 g/mol. The van der Waals surface area contributed by atoms with Gasteiger partial charge in [-0.1, -0.05) is 36.4 Å². The molecule has 1 aliphatic heterocycles. The van der Waals surface area contributed by atoms with E-state index in [9.17, 15) is 9.59 Å². The van der Waals surface area contributed by atoms with E-state index in [-0.39, 0.29) is 24.3 Å². The fraction of sp³-hybridized carbons (Fsp3) is 0.320. The molecule has 1 aromatic heterocycles. The van der Waals surface area contributed by atoms with E-state index in [1.54, 1.807) is 9.58 Å². The van der Waals surface area contributed by atoms with E-state index in [0.29, 0.717) is 13.2 Å². The van der Waals surface area contributed by atoms with Crippen molar-refractivity contribution in [3.63, 3.8) is 0 Å². The summed E-state index contributed by atoms with van der Waals surface area (Å²) >= 11 is 0. The van der Waals surface area contributed by atoms with Gasteiger partial charge in [0.15, 0.2) is 0 Å². The van der Waals surface area contributed by atoms with Crippen LogP contribution in [-0.2, 0) is 23.2 Å². The summed E-state index contributed by atoms with van der Waals surface area (Å²) in [7, 11) is 1.85. The number of anilines is 1. The highest BCUT2D eigenvalue weighted by Gasteiger charge is 2.66. The maximum Gasteiger partial charge on any atom is 0.240 e. The molecule has 1 fully saturated rings. The summed E-state index contributed by atoms with van der Waals surface area (Å²) in [5, 5.41) is 7.23. The van der Waals surface area contributed by atoms with Gasteiger partial charge in [-0.15, -0.1) is 0 Å². The maximum absolute atomic E-state index is 13.6. The van der Waals surface area contributed by atoms with Crippen LogP contribution in [0.4, 0.5) is 5.69 Å². The van der Waals surface area contributed by atoms with Crippen molar-refractivity contribution in [2.45, 2.75) is 25.8 Å². The van der Waals surface area contributed by atoms with E-state index >= 15 is 0 Å². The van der Waals surface area contributed by atoms with Crippen LogP contribution in [-0.4, -0.2) is 34.7 Å². The van der Waals surface area contributed by atoms with E-state index in [2.05, 4.69) is 16.5 Å². The highest BCUT2D eigenvalue weighted by Crippen LogP contribution is 2.65. The van der Waals surface area contributed by atoms with Gasteiger partial charge < -0.3 is 15.0 Å². The summed E-state index contributed by atoms with van der Waals surface area (Å²) in [4.78, 5) is 28.0. The molecule has 0 saturated heterocycles. The first kappa shape index (κ1) is 20.3. The van der Waals surface area contributed by atoms with Gasteiger partial charge in [-0.25, -0.2) is 0 Å². The Kier molecular flexibility index (Phi) is 4.96. The first-order valence-electron chi connectivity index (χ1n) is 10.8. The summed E-state index contributed by atoms with van der Waals surface area (Å²) < 4.78 is 7.74. The minimum Gasteiger partial charge on any atom is -0.492 e. The second-order valence-electron chi connectivity index (χ2n) is 8.64.